The number of aromatic nitrogens is 2. The zero-order valence-corrected chi connectivity index (χ0v) is 17.8. The lowest BCUT2D eigenvalue weighted by molar-refractivity contribution is -0.127. The van der Waals surface area contributed by atoms with Gasteiger partial charge in [-0.1, -0.05) is 0 Å². The number of rotatable bonds is 6. The Hall–Kier alpha value is -2.26. The number of amides is 2. The Morgan fingerprint density at radius 1 is 1.32 bits per heavy atom. The Labute approximate surface area is 168 Å². The molecule has 0 saturated carbocycles. The van der Waals surface area contributed by atoms with Gasteiger partial charge in [0.15, 0.2) is 5.82 Å². The van der Waals surface area contributed by atoms with E-state index in [1.165, 1.54) is 11.3 Å². The number of carbonyl (C=O) groups is 2. The third-order valence-electron chi connectivity index (χ3n) is 5.07. The first-order chi connectivity index (χ1) is 13.3. The molecule has 2 aromatic heterocycles. The van der Waals surface area contributed by atoms with Crippen molar-refractivity contribution in [2.24, 2.45) is 5.92 Å². The monoisotopic (exact) mass is 406 g/mol. The van der Waals surface area contributed by atoms with E-state index in [2.05, 4.69) is 9.97 Å². The van der Waals surface area contributed by atoms with Gasteiger partial charge in [-0.15, -0.1) is 11.3 Å². The summed E-state index contributed by atoms with van der Waals surface area (Å²) in [6.07, 6.45) is 0.919. The van der Waals surface area contributed by atoms with Crippen LogP contribution in [-0.4, -0.2) is 72.5 Å². The van der Waals surface area contributed by atoms with Crippen molar-refractivity contribution in [2.75, 3.05) is 40.9 Å². The Balaban J connectivity index is 1.83. The lowest BCUT2D eigenvalue weighted by Gasteiger charge is -2.21. The molecule has 0 bridgehead atoms. The molecule has 2 aromatic rings. The summed E-state index contributed by atoms with van der Waals surface area (Å²) in [6, 6.07) is 0. The quantitative estimate of drug-likeness (QED) is 0.730. The Morgan fingerprint density at radius 3 is 2.68 bits per heavy atom. The average molecular weight is 407 g/mol. The number of ether oxygens (including phenoxy) is 2. The van der Waals surface area contributed by atoms with Gasteiger partial charge in [-0.25, -0.2) is 4.98 Å². The van der Waals surface area contributed by atoms with Crippen LogP contribution < -0.4 is 4.74 Å². The lowest BCUT2D eigenvalue weighted by atomic mass is 10.1. The van der Waals surface area contributed by atoms with Gasteiger partial charge in [-0.05, 0) is 24.8 Å². The van der Waals surface area contributed by atoms with E-state index in [0.717, 1.165) is 28.7 Å². The van der Waals surface area contributed by atoms with Crippen LogP contribution in [-0.2, 0) is 16.1 Å². The minimum absolute atomic E-state index is 0.0443. The largest absolute Gasteiger partial charge is 0.480 e. The topological polar surface area (TPSA) is 84.9 Å². The minimum Gasteiger partial charge on any atom is -0.480 e. The number of fused-ring (bicyclic) bond motifs is 1. The normalized spacial score (nSPS) is 16.6. The second kappa shape index (κ2) is 8.40. The number of thiophene rings is 1. The molecule has 9 heteroatoms. The number of hydrogen-bond donors (Lipinski definition) is 0. The second-order valence-corrected chi connectivity index (χ2v) is 8.12. The summed E-state index contributed by atoms with van der Waals surface area (Å²) in [4.78, 5) is 38.4. The van der Waals surface area contributed by atoms with Crippen LogP contribution >= 0.6 is 11.3 Å². The van der Waals surface area contributed by atoms with E-state index in [4.69, 9.17) is 9.47 Å². The number of methoxy groups -OCH3 is 2. The van der Waals surface area contributed by atoms with E-state index < -0.39 is 0 Å². The molecule has 1 unspecified atom stereocenters. The Morgan fingerprint density at radius 2 is 2.07 bits per heavy atom. The molecule has 2 amide bonds. The molecule has 0 aromatic carbocycles. The second-order valence-electron chi connectivity index (χ2n) is 7.12. The first-order valence-corrected chi connectivity index (χ1v) is 10.0. The van der Waals surface area contributed by atoms with E-state index in [1.807, 2.05) is 18.9 Å². The summed E-state index contributed by atoms with van der Waals surface area (Å²) in [5.41, 5.74) is 0.828. The van der Waals surface area contributed by atoms with Gasteiger partial charge in [0.2, 0.25) is 11.8 Å². The molecule has 0 N–H and O–H groups in total. The van der Waals surface area contributed by atoms with E-state index in [-0.39, 0.29) is 18.4 Å². The molecule has 0 aliphatic carbocycles. The third-order valence-corrected chi connectivity index (χ3v) is 6.25. The molecule has 1 atom stereocenters. The molecular formula is C19H26N4O4S. The SMILES string of the molecule is COCc1nc(OC)c2c(C)c(C(=O)N(C)CC3CCN(C(C)=O)C3)sc2n1. The molecule has 8 nitrogen and oxygen atoms in total. The zero-order chi connectivity index (χ0) is 20.4. The summed E-state index contributed by atoms with van der Waals surface area (Å²) in [7, 11) is 4.95. The highest BCUT2D eigenvalue weighted by Gasteiger charge is 2.28. The number of aryl methyl sites for hydroxylation is 1. The Kier molecular flexibility index (Phi) is 6.14. The van der Waals surface area contributed by atoms with E-state index in [1.54, 1.807) is 26.0 Å². The fourth-order valence-corrected chi connectivity index (χ4v) is 4.79. The zero-order valence-electron chi connectivity index (χ0n) is 16.9. The van der Waals surface area contributed by atoms with Crippen molar-refractivity contribution in [1.29, 1.82) is 0 Å². The summed E-state index contributed by atoms with van der Waals surface area (Å²) >= 11 is 1.35. The summed E-state index contributed by atoms with van der Waals surface area (Å²) in [5.74, 6) is 1.33. The molecule has 0 spiro atoms. The number of likely N-dealkylation sites (tertiary alicyclic amines) is 1. The molecule has 1 aliphatic rings. The standard InChI is InChI=1S/C19H26N4O4S/c1-11-15-17(27-5)20-14(10-26-4)21-18(15)28-16(11)19(25)22(3)8-13-6-7-23(9-13)12(2)24/h13H,6-10H2,1-5H3. The molecule has 3 rings (SSSR count). The van der Waals surface area contributed by atoms with Crippen LogP contribution in [0.15, 0.2) is 0 Å². The molecule has 3 heterocycles. The van der Waals surface area contributed by atoms with Crippen molar-refractivity contribution in [3.05, 3.63) is 16.3 Å². The van der Waals surface area contributed by atoms with Crippen LogP contribution in [0.2, 0.25) is 0 Å². The Bertz CT molecular complexity index is 898. The van der Waals surface area contributed by atoms with E-state index >= 15 is 0 Å². The molecule has 1 aliphatic heterocycles. The summed E-state index contributed by atoms with van der Waals surface area (Å²) in [5, 5.41) is 0.771. The van der Waals surface area contributed by atoms with Gasteiger partial charge in [0.25, 0.3) is 5.91 Å². The number of nitrogens with zero attached hydrogens (tertiary/aromatic N) is 4. The number of hydrogen-bond acceptors (Lipinski definition) is 7. The van der Waals surface area contributed by atoms with Crippen LogP contribution in [0.1, 0.15) is 34.4 Å². The van der Waals surface area contributed by atoms with Crippen molar-refractivity contribution in [1.82, 2.24) is 19.8 Å². The highest BCUT2D eigenvalue weighted by molar-refractivity contribution is 7.20. The number of carbonyl (C=O) groups excluding carboxylic acids is 2. The molecule has 0 radical (unpaired) electrons. The maximum atomic E-state index is 13.1. The molecule has 1 saturated heterocycles. The van der Waals surface area contributed by atoms with Gasteiger partial charge in [0, 0.05) is 40.7 Å². The van der Waals surface area contributed by atoms with Crippen molar-refractivity contribution >= 4 is 33.4 Å². The van der Waals surface area contributed by atoms with Crippen LogP contribution in [0.25, 0.3) is 10.2 Å². The van der Waals surface area contributed by atoms with Crippen LogP contribution in [0, 0.1) is 12.8 Å². The molecule has 1 fully saturated rings. The fraction of sp³-hybridized carbons (Fsp3) is 0.579. The maximum Gasteiger partial charge on any atom is 0.264 e. The lowest BCUT2D eigenvalue weighted by Crippen LogP contribution is -2.33. The highest BCUT2D eigenvalue weighted by atomic mass is 32.1. The van der Waals surface area contributed by atoms with Crippen molar-refractivity contribution in [3.63, 3.8) is 0 Å². The minimum atomic E-state index is -0.0443. The highest BCUT2D eigenvalue weighted by Crippen LogP contribution is 2.35. The summed E-state index contributed by atoms with van der Waals surface area (Å²) < 4.78 is 10.5. The first kappa shape index (κ1) is 20.5. The predicted molar refractivity (Wildman–Crippen MR) is 107 cm³/mol. The van der Waals surface area contributed by atoms with Gasteiger partial charge in [-0.3, -0.25) is 9.59 Å². The van der Waals surface area contributed by atoms with Crippen molar-refractivity contribution in [2.45, 2.75) is 26.9 Å². The average Bonchev–Trinajstić information content (AvgIpc) is 3.25. The van der Waals surface area contributed by atoms with Crippen molar-refractivity contribution < 1.29 is 19.1 Å². The predicted octanol–water partition coefficient (Wildman–Crippen LogP) is 2.10. The maximum absolute atomic E-state index is 13.1. The van der Waals surface area contributed by atoms with Gasteiger partial charge in [0.1, 0.15) is 11.4 Å². The van der Waals surface area contributed by atoms with Gasteiger partial charge < -0.3 is 19.3 Å². The van der Waals surface area contributed by atoms with Crippen LogP contribution in [0.5, 0.6) is 5.88 Å². The third kappa shape index (κ3) is 3.95. The smallest absolute Gasteiger partial charge is 0.264 e. The van der Waals surface area contributed by atoms with E-state index in [9.17, 15) is 9.59 Å². The fourth-order valence-electron chi connectivity index (χ4n) is 3.60. The first-order valence-electron chi connectivity index (χ1n) is 9.19. The van der Waals surface area contributed by atoms with Crippen LogP contribution in [0.4, 0.5) is 0 Å². The van der Waals surface area contributed by atoms with E-state index in [0.29, 0.717) is 35.6 Å². The van der Waals surface area contributed by atoms with Crippen LogP contribution in [0.3, 0.4) is 0 Å². The summed E-state index contributed by atoms with van der Waals surface area (Å²) in [6.45, 7) is 5.85. The molecule has 152 valence electrons. The van der Waals surface area contributed by atoms with Gasteiger partial charge in [0.05, 0.1) is 17.4 Å². The van der Waals surface area contributed by atoms with Gasteiger partial charge in [-0.2, -0.15) is 4.98 Å². The molecular weight excluding hydrogens is 380 g/mol. The molecule has 28 heavy (non-hydrogen) atoms. The van der Waals surface area contributed by atoms with Gasteiger partial charge >= 0.3 is 0 Å². The van der Waals surface area contributed by atoms with Crippen molar-refractivity contribution in [3.8, 4) is 5.88 Å².